The Morgan fingerprint density at radius 2 is 1.59 bits per heavy atom. The second-order valence-corrected chi connectivity index (χ2v) is 5.69. The standard InChI is InChI=1S/C16H25N/c1-11-9-12(2)16(13(3)10-11)14(4)15-5-7-17-8-6-15/h9-10,14-15,17H,5-8H2,1-4H3. The normalized spacial score (nSPS) is 19.3. The molecule has 1 heteroatoms. The van der Waals surface area contributed by atoms with Gasteiger partial charge in [0.1, 0.15) is 0 Å². The van der Waals surface area contributed by atoms with Crippen molar-refractivity contribution in [3.05, 3.63) is 34.4 Å². The van der Waals surface area contributed by atoms with Crippen molar-refractivity contribution in [3.8, 4) is 0 Å². The molecule has 1 heterocycles. The van der Waals surface area contributed by atoms with Crippen LogP contribution < -0.4 is 5.32 Å². The van der Waals surface area contributed by atoms with Gasteiger partial charge in [-0.05, 0) is 75.2 Å². The predicted molar refractivity (Wildman–Crippen MR) is 74.7 cm³/mol. The average Bonchev–Trinajstić information content (AvgIpc) is 2.28. The van der Waals surface area contributed by atoms with Crippen molar-refractivity contribution in [3.63, 3.8) is 0 Å². The van der Waals surface area contributed by atoms with Crippen LogP contribution in [0.25, 0.3) is 0 Å². The molecule has 1 aliphatic rings. The van der Waals surface area contributed by atoms with Crippen molar-refractivity contribution in [2.75, 3.05) is 13.1 Å². The Hall–Kier alpha value is -0.820. The molecule has 1 fully saturated rings. The summed E-state index contributed by atoms with van der Waals surface area (Å²) < 4.78 is 0. The van der Waals surface area contributed by atoms with E-state index in [1.165, 1.54) is 42.6 Å². The van der Waals surface area contributed by atoms with Gasteiger partial charge in [-0.3, -0.25) is 0 Å². The first-order valence-electron chi connectivity index (χ1n) is 6.88. The lowest BCUT2D eigenvalue weighted by atomic mass is 9.78. The summed E-state index contributed by atoms with van der Waals surface area (Å²) in [5.74, 6) is 1.56. The Kier molecular flexibility index (Phi) is 3.88. The summed E-state index contributed by atoms with van der Waals surface area (Å²) in [5, 5.41) is 3.46. The first-order valence-corrected chi connectivity index (χ1v) is 6.88. The minimum Gasteiger partial charge on any atom is -0.317 e. The number of nitrogens with one attached hydrogen (secondary N) is 1. The Morgan fingerprint density at radius 3 is 2.12 bits per heavy atom. The third-order valence-corrected chi connectivity index (χ3v) is 4.28. The monoisotopic (exact) mass is 231 g/mol. The summed E-state index contributed by atoms with van der Waals surface area (Å²) >= 11 is 0. The molecule has 0 saturated carbocycles. The van der Waals surface area contributed by atoms with Crippen LogP contribution in [0.5, 0.6) is 0 Å². The van der Waals surface area contributed by atoms with Gasteiger partial charge in [-0.2, -0.15) is 0 Å². The van der Waals surface area contributed by atoms with Gasteiger partial charge in [0, 0.05) is 0 Å². The van der Waals surface area contributed by atoms with E-state index >= 15 is 0 Å². The summed E-state index contributed by atoms with van der Waals surface area (Å²) in [6.45, 7) is 11.5. The second-order valence-electron chi connectivity index (χ2n) is 5.69. The molecule has 2 rings (SSSR count). The predicted octanol–water partition coefficient (Wildman–Crippen LogP) is 3.71. The minimum absolute atomic E-state index is 0.706. The lowest BCUT2D eigenvalue weighted by Gasteiger charge is -2.30. The number of benzene rings is 1. The summed E-state index contributed by atoms with van der Waals surface area (Å²) in [6, 6.07) is 4.67. The second kappa shape index (κ2) is 5.22. The van der Waals surface area contributed by atoms with Crippen LogP contribution in [0.4, 0.5) is 0 Å². The maximum Gasteiger partial charge on any atom is -0.00461 e. The number of rotatable bonds is 2. The highest BCUT2D eigenvalue weighted by Crippen LogP contribution is 2.34. The fourth-order valence-electron chi connectivity index (χ4n) is 3.49. The summed E-state index contributed by atoms with van der Waals surface area (Å²) in [5.41, 5.74) is 5.95. The highest BCUT2D eigenvalue weighted by molar-refractivity contribution is 5.40. The van der Waals surface area contributed by atoms with E-state index in [0.717, 1.165) is 5.92 Å². The van der Waals surface area contributed by atoms with Gasteiger partial charge in [-0.25, -0.2) is 0 Å². The SMILES string of the molecule is Cc1cc(C)c(C(C)C2CCNCC2)c(C)c1. The summed E-state index contributed by atoms with van der Waals surface area (Å²) in [4.78, 5) is 0. The molecule has 0 radical (unpaired) electrons. The highest BCUT2D eigenvalue weighted by Gasteiger charge is 2.23. The van der Waals surface area contributed by atoms with Crippen molar-refractivity contribution in [2.24, 2.45) is 5.92 Å². The van der Waals surface area contributed by atoms with Gasteiger partial charge in [0.15, 0.2) is 0 Å². The van der Waals surface area contributed by atoms with Crippen LogP contribution in [-0.4, -0.2) is 13.1 Å². The zero-order valence-corrected chi connectivity index (χ0v) is 11.6. The topological polar surface area (TPSA) is 12.0 Å². The lowest BCUT2D eigenvalue weighted by molar-refractivity contribution is 0.329. The van der Waals surface area contributed by atoms with Gasteiger partial charge in [0.2, 0.25) is 0 Å². The number of aryl methyl sites for hydroxylation is 3. The molecular formula is C16H25N. The fraction of sp³-hybridized carbons (Fsp3) is 0.625. The molecular weight excluding hydrogens is 206 g/mol. The van der Waals surface area contributed by atoms with Crippen LogP contribution in [0, 0.1) is 26.7 Å². The van der Waals surface area contributed by atoms with E-state index < -0.39 is 0 Å². The van der Waals surface area contributed by atoms with Crippen molar-refractivity contribution < 1.29 is 0 Å². The molecule has 0 bridgehead atoms. The maximum atomic E-state index is 3.46. The molecule has 1 saturated heterocycles. The van der Waals surface area contributed by atoms with E-state index in [9.17, 15) is 0 Å². The van der Waals surface area contributed by atoms with Crippen LogP contribution in [0.15, 0.2) is 12.1 Å². The largest absolute Gasteiger partial charge is 0.317 e. The molecule has 1 aliphatic heterocycles. The molecule has 1 aromatic carbocycles. The van der Waals surface area contributed by atoms with Crippen LogP contribution in [-0.2, 0) is 0 Å². The quantitative estimate of drug-likeness (QED) is 0.818. The smallest absolute Gasteiger partial charge is 0.00461 e. The Balaban J connectivity index is 2.26. The number of piperidine rings is 1. The summed E-state index contributed by atoms with van der Waals surface area (Å²) in [6.07, 6.45) is 2.65. The van der Waals surface area contributed by atoms with E-state index in [4.69, 9.17) is 0 Å². The molecule has 1 atom stereocenters. The van der Waals surface area contributed by atoms with Crippen LogP contribution >= 0.6 is 0 Å². The fourth-order valence-corrected chi connectivity index (χ4v) is 3.49. The van der Waals surface area contributed by atoms with Crippen molar-refractivity contribution in [1.82, 2.24) is 5.32 Å². The zero-order chi connectivity index (χ0) is 12.4. The lowest BCUT2D eigenvalue weighted by Crippen LogP contribution is -2.30. The van der Waals surface area contributed by atoms with Gasteiger partial charge in [-0.1, -0.05) is 24.6 Å². The average molecular weight is 231 g/mol. The Morgan fingerprint density at radius 1 is 1.06 bits per heavy atom. The van der Waals surface area contributed by atoms with Crippen molar-refractivity contribution in [2.45, 2.75) is 46.5 Å². The molecule has 17 heavy (non-hydrogen) atoms. The van der Waals surface area contributed by atoms with Gasteiger partial charge >= 0.3 is 0 Å². The highest BCUT2D eigenvalue weighted by atomic mass is 14.9. The van der Waals surface area contributed by atoms with Crippen LogP contribution in [0.1, 0.15) is 47.9 Å². The first-order chi connectivity index (χ1) is 8.09. The Labute approximate surface area is 106 Å². The molecule has 1 nitrogen and oxygen atoms in total. The minimum atomic E-state index is 0.706. The van der Waals surface area contributed by atoms with Crippen LogP contribution in [0.2, 0.25) is 0 Å². The Bertz CT molecular complexity index is 366. The molecule has 1 unspecified atom stereocenters. The zero-order valence-electron chi connectivity index (χ0n) is 11.6. The molecule has 1 N–H and O–H groups in total. The van der Waals surface area contributed by atoms with E-state index in [1.54, 1.807) is 5.56 Å². The molecule has 94 valence electrons. The number of hydrogen-bond donors (Lipinski definition) is 1. The van der Waals surface area contributed by atoms with E-state index in [0.29, 0.717) is 5.92 Å². The van der Waals surface area contributed by atoms with Crippen molar-refractivity contribution >= 4 is 0 Å². The summed E-state index contributed by atoms with van der Waals surface area (Å²) in [7, 11) is 0. The number of hydrogen-bond acceptors (Lipinski definition) is 1. The molecule has 0 aliphatic carbocycles. The van der Waals surface area contributed by atoms with Gasteiger partial charge < -0.3 is 5.32 Å². The van der Waals surface area contributed by atoms with Gasteiger partial charge in [0.25, 0.3) is 0 Å². The van der Waals surface area contributed by atoms with E-state index in [-0.39, 0.29) is 0 Å². The third-order valence-electron chi connectivity index (χ3n) is 4.28. The van der Waals surface area contributed by atoms with E-state index in [1.807, 2.05) is 0 Å². The van der Waals surface area contributed by atoms with Gasteiger partial charge in [-0.15, -0.1) is 0 Å². The first kappa shape index (κ1) is 12.6. The van der Waals surface area contributed by atoms with E-state index in [2.05, 4.69) is 45.1 Å². The molecule has 0 amide bonds. The van der Waals surface area contributed by atoms with Gasteiger partial charge in [0.05, 0.1) is 0 Å². The van der Waals surface area contributed by atoms with Crippen molar-refractivity contribution in [1.29, 1.82) is 0 Å². The van der Waals surface area contributed by atoms with Crippen LogP contribution in [0.3, 0.4) is 0 Å². The maximum absolute atomic E-state index is 3.46. The third kappa shape index (κ3) is 2.71. The molecule has 1 aromatic rings. The molecule has 0 spiro atoms. The molecule has 0 aromatic heterocycles.